The molecule has 1 heterocycles. The molecule has 0 saturated heterocycles. The van der Waals surface area contributed by atoms with Gasteiger partial charge in [0.2, 0.25) is 0 Å². The summed E-state index contributed by atoms with van der Waals surface area (Å²) in [5, 5.41) is 4.75. The maximum atomic E-state index is 6.37. The van der Waals surface area contributed by atoms with Gasteiger partial charge in [-0.05, 0) is 115 Å². The number of rotatable bonds is 6. The maximum Gasteiger partial charge on any atom is 0.136 e. The minimum absolute atomic E-state index is 0.0973. The van der Waals surface area contributed by atoms with Crippen LogP contribution in [0.5, 0.6) is 0 Å². The third-order valence-corrected chi connectivity index (χ3v) is 12.1. The molecule has 11 rings (SSSR count). The quantitative estimate of drug-likeness (QED) is 0.169. The molecule has 0 fully saturated rings. The van der Waals surface area contributed by atoms with E-state index in [2.05, 4.69) is 207 Å². The minimum Gasteiger partial charge on any atom is -0.456 e. The highest BCUT2D eigenvalue weighted by Gasteiger charge is 2.37. The van der Waals surface area contributed by atoms with Crippen molar-refractivity contribution in [3.8, 4) is 44.5 Å². The fourth-order valence-electron chi connectivity index (χ4n) is 9.28. The number of hydrogen-bond donors (Lipinski definition) is 0. The Morgan fingerprint density at radius 2 is 0.982 bits per heavy atom. The van der Waals surface area contributed by atoms with Crippen LogP contribution >= 0.6 is 0 Å². The van der Waals surface area contributed by atoms with E-state index in [0.29, 0.717) is 0 Å². The maximum absolute atomic E-state index is 6.37. The van der Waals surface area contributed by atoms with Crippen molar-refractivity contribution < 1.29 is 4.42 Å². The zero-order chi connectivity index (χ0) is 38.1. The Labute approximate surface area is 332 Å². The summed E-state index contributed by atoms with van der Waals surface area (Å²) in [5.74, 6) is 0. The number of anilines is 3. The van der Waals surface area contributed by atoms with E-state index in [1.165, 1.54) is 55.3 Å². The largest absolute Gasteiger partial charge is 0.456 e. The summed E-state index contributed by atoms with van der Waals surface area (Å²) in [6.45, 7) is 4.72. The third kappa shape index (κ3) is 5.40. The highest BCUT2D eigenvalue weighted by molar-refractivity contribution is 6.06. The topological polar surface area (TPSA) is 16.4 Å². The monoisotopic (exact) mass is 729 g/mol. The number of fused-ring (bicyclic) bond motifs is 7. The lowest BCUT2D eigenvalue weighted by Gasteiger charge is -2.28. The molecule has 0 unspecified atom stereocenters. The van der Waals surface area contributed by atoms with Crippen LogP contribution in [0.25, 0.3) is 77.2 Å². The first-order valence-electron chi connectivity index (χ1n) is 19.8. The lowest BCUT2D eigenvalue weighted by molar-refractivity contribution is 0.662. The van der Waals surface area contributed by atoms with Crippen molar-refractivity contribution in [2.24, 2.45) is 0 Å². The first-order chi connectivity index (χ1) is 28.0. The SMILES string of the molecule is CC1(C)c2ccccc2-c2cccc(-c3ccc(N(c4ccc(-c5ccc6ccccc6c5)cc4)c4ccccc4-c4ccc5c(c4)oc4ccccc45)cc3)c21. The van der Waals surface area contributed by atoms with E-state index in [-0.39, 0.29) is 5.41 Å². The van der Waals surface area contributed by atoms with Crippen LogP contribution in [-0.4, -0.2) is 0 Å². The molecule has 9 aromatic carbocycles. The standard InChI is InChI=1S/C55H39NO/c1-55(2)50-19-8-5-15-46(50)49-18-11-17-45(54(49)55)38-26-31-43(32-27-38)56(42-29-24-37(25-30-42)40-23-22-36-12-3-4-13-39(36)34-40)51-20-9-6-14-44(51)41-28-33-48-47-16-7-10-21-52(47)57-53(48)35-41/h3-35H,1-2H3. The smallest absolute Gasteiger partial charge is 0.136 e. The number of nitrogens with zero attached hydrogens (tertiary/aromatic N) is 1. The summed E-state index contributed by atoms with van der Waals surface area (Å²) < 4.78 is 6.37. The van der Waals surface area contributed by atoms with Gasteiger partial charge in [-0.3, -0.25) is 0 Å². The van der Waals surface area contributed by atoms with Gasteiger partial charge >= 0.3 is 0 Å². The van der Waals surface area contributed by atoms with Crippen molar-refractivity contribution in [2.75, 3.05) is 4.90 Å². The lowest BCUT2D eigenvalue weighted by Crippen LogP contribution is -2.16. The van der Waals surface area contributed by atoms with Crippen LogP contribution in [0.15, 0.2) is 205 Å². The molecule has 1 aliphatic rings. The van der Waals surface area contributed by atoms with Crippen molar-refractivity contribution in [1.82, 2.24) is 0 Å². The molecule has 2 nitrogen and oxygen atoms in total. The molecule has 270 valence electrons. The molecular formula is C55H39NO. The molecule has 0 radical (unpaired) electrons. The van der Waals surface area contributed by atoms with Crippen LogP contribution in [0, 0.1) is 0 Å². The van der Waals surface area contributed by atoms with Gasteiger partial charge in [-0.15, -0.1) is 0 Å². The Morgan fingerprint density at radius 3 is 1.81 bits per heavy atom. The summed E-state index contributed by atoms with van der Waals surface area (Å²) in [6, 6.07) is 72.6. The van der Waals surface area contributed by atoms with Crippen LogP contribution in [0.2, 0.25) is 0 Å². The first kappa shape index (κ1) is 33.2. The van der Waals surface area contributed by atoms with Crippen molar-refractivity contribution in [3.05, 3.63) is 211 Å². The summed E-state index contributed by atoms with van der Waals surface area (Å²) in [6.07, 6.45) is 0. The predicted molar refractivity (Wildman–Crippen MR) is 240 cm³/mol. The van der Waals surface area contributed by atoms with Gasteiger partial charge in [0.15, 0.2) is 0 Å². The van der Waals surface area contributed by atoms with Gasteiger partial charge < -0.3 is 9.32 Å². The molecule has 0 aliphatic heterocycles. The van der Waals surface area contributed by atoms with Crippen LogP contribution in [0.1, 0.15) is 25.0 Å². The Morgan fingerprint density at radius 1 is 0.386 bits per heavy atom. The lowest BCUT2D eigenvalue weighted by atomic mass is 9.79. The molecule has 1 aromatic heterocycles. The van der Waals surface area contributed by atoms with Crippen molar-refractivity contribution in [1.29, 1.82) is 0 Å². The summed E-state index contributed by atoms with van der Waals surface area (Å²) >= 11 is 0. The van der Waals surface area contributed by atoms with Gasteiger partial charge in [0, 0.05) is 33.1 Å². The first-order valence-corrected chi connectivity index (χ1v) is 19.8. The average Bonchev–Trinajstić information content (AvgIpc) is 3.75. The van der Waals surface area contributed by atoms with E-state index in [0.717, 1.165) is 50.1 Å². The Bertz CT molecular complexity index is 3150. The highest BCUT2D eigenvalue weighted by atomic mass is 16.3. The van der Waals surface area contributed by atoms with Gasteiger partial charge in [0.25, 0.3) is 0 Å². The second-order valence-corrected chi connectivity index (χ2v) is 15.7. The number of furan rings is 1. The molecule has 2 heteroatoms. The van der Waals surface area contributed by atoms with Crippen LogP contribution in [0.4, 0.5) is 17.1 Å². The zero-order valence-electron chi connectivity index (χ0n) is 31.9. The zero-order valence-corrected chi connectivity index (χ0v) is 31.9. The van der Waals surface area contributed by atoms with Crippen molar-refractivity contribution >= 4 is 49.8 Å². The Kier molecular flexibility index (Phi) is 7.55. The Balaban J connectivity index is 1.04. The fraction of sp³-hybridized carbons (Fsp3) is 0.0545. The molecular weight excluding hydrogens is 691 g/mol. The molecule has 0 amide bonds. The van der Waals surface area contributed by atoms with Crippen LogP contribution < -0.4 is 4.90 Å². The number of hydrogen-bond acceptors (Lipinski definition) is 2. The van der Waals surface area contributed by atoms with E-state index < -0.39 is 0 Å². The number of para-hydroxylation sites is 2. The van der Waals surface area contributed by atoms with Gasteiger partial charge in [-0.25, -0.2) is 0 Å². The van der Waals surface area contributed by atoms with Gasteiger partial charge in [0.1, 0.15) is 11.2 Å². The molecule has 1 aliphatic carbocycles. The van der Waals surface area contributed by atoms with Gasteiger partial charge in [-0.1, -0.05) is 159 Å². The van der Waals surface area contributed by atoms with Gasteiger partial charge in [0.05, 0.1) is 5.69 Å². The summed E-state index contributed by atoms with van der Waals surface area (Å²) in [7, 11) is 0. The van der Waals surface area contributed by atoms with E-state index in [9.17, 15) is 0 Å². The molecule has 0 atom stereocenters. The van der Waals surface area contributed by atoms with Crippen molar-refractivity contribution in [2.45, 2.75) is 19.3 Å². The van der Waals surface area contributed by atoms with E-state index in [1.54, 1.807) is 0 Å². The predicted octanol–water partition coefficient (Wildman–Crippen LogP) is 15.5. The van der Waals surface area contributed by atoms with Gasteiger partial charge in [-0.2, -0.15) is 0 Å². The van der Waals surface area contributed by atoms with E-state index >= 15 is 0 Å². The second-order valence-electron chi connectivity index (χ2n) is 15.7. The molecule has 0 N–H and O–H groups in total. The van der Waals surface area contributed by atoms with E-state index in [4.69, 9.17) is 4.42 Å². The fourth-order valence-corrected chi connectivity index (χ4v) is 9.28. The van der Waals surface area contributed by atoms with Crippen LogP contribution in [-0.2, 0) is 5.41 Å². The van der Waals surface area contributed by atoms with Crippen molar-refractivity contribution in [3.63, 3.8) is 0 Å². The minimum atomic E-state index is -0.0973. The average molecular weight is 730 g/mol. The molecule has 0 bridgehead atoms. The Hall–Kier alpha value is -7.16. The highest BCUT2D eigenvalue weighted by Crippen LogP contribution is 2.52. The number of benzene rings is 9. The summed E-state index contributed by atoms with van der Waals surface area (Å²) in [4.78, 5) is 2.39. The second kappa shape index (κ2) is 13.0. The molecule has 0 saturated carbocycles. The normalized spacial score (nSPS) is 12.9. The van der Waals surface area contributed by atoms with Crippen LogP contribution in [0.3, 0.4) is 0 Å². The summed E-state index contributed by atoms with van der Waals surface area (Å²) in [5.41, 5.74) is 17.5. The third-order valence-electron chi connectivity index (χ3n) is 12.1. The molecule has 0 spiro atoms. The molecule has 10 aromatic rings. The molecule has 57 heavy (non-hydrogen) atoms. The van der Waals surface area contributed by atoms with E-state index in [1.807, 2.05) is 12.1 Å².